The molecule has 0 radical (unpaired) electrons. The van der Waals surface area contributed by atoms with E-state index in [-0.39, 0.29) is 5.91 Å². The van der Waals surface area contributed by atoms with Crippen LogP contribution < -0.4 is 0 Å². The molecule has 0 aliphatic rings. The van der Waals surface area contributed by atoms with Crippen LogP contribution in [-0.2, 0) is 13.1 Å². The molecule has 25 heavy (non-hydrogen) atoms. The van der Waals surface area contributed by atoms with Gasteiger partial charge in [0.15, 0.2) is 0 Å². The molecule has 0 unspecified atom stereocenters. The van der Waals surface area contributed by atoms with Crippen LogP contribution in [0.3, 0.4) is 0 Å². The second-order valence-corrected chi connectivity index (χ2v) is 6.89. The fourth-order valence-electron chi connectivity index (χ4n) is 2.59. The third-order valence-electron chi connectivity index (χ3n) is 3.82. The summed E-state index contributed by atoms with van der Waals surface area (Å²) in [5.74, 6) is -0.0354. The standard InChI is InChI=1S/C18H14N4OS2/c23-18(14-4-5-16-17(9-14)21-25-20-16)22(10-13-6-8-24-12-13)11-15-3-1-2-7-19-15/h1-9,12H,10-11H2. The Morgan fingerprint density at radius 3 is 2.76 bits per heavy atom. The molecule has 0 N–H and O–H groups in total. The van der Waals surface area contributed by atoms with Gasteiger partial charge in [0.2, 0.25) is 0 Å². The van der Waals surface area contributed by atoms with Crippen molar-refractivity contribution in [2.24, 2.45) is 0 Å². The molecule has 3 heterocycles. The second kappa shape index (κ2) is 7.08. The van der Waals surface area contributed by atoms with Crippen molar-refractivity contribution in [3.63, 3.8) is 0 Å². The number of aromatic nitrogens is 3. The van der Waals surface area contributed by atoms with Crippen molar-refractivity contribution >= 4 is 40.0 Å². The van der Waals surface area contributed by atoms with E-state index in [1.807, 2.05) is 46.7 Å². The zero-order chi connectivity index (χ0) is 17.1. The predicted molar refractivity (Wildman–Crippen MR) is 99.5 cm³/mol. The summed E-state index contributed by atoms with van der Waals surface area (Å²) in [4.78, 5) is 19.3. The molecule has 0 atom stereocenters. The van der Waals surface area contributed by atoms with Gasteiger partial charge >= 0.3 is 0 Å². The van der Waals surface area contributed by atoms with E-state index in [0.717, 1.165) is 34.0 Å². The zero-order valence-electron chi connectivity index (χ0n) is 13.2. The van der Waals surface area contributed by atoms with Gasteiger partial charge in [-0.05, 0) is 52.7 Å². The van der Waals surface area contributed by atoms with Gasteiger partial charge < -0.3 is 4.90 Å². The lowest BCUT2D eigenvalue weighted by Crippen LogP contribution is -2.30. The van der Waals surface area contributed by atoms with E-state index in [4.69, 9.17) is 0 Å². The molecular formula is C18H14N4OS2. The highest BCUT2D eigenvalue weighted by atomic mass is 32.1. The molecule has 124 valence electrons. The average molecular weight is 366 g/mol. The van der Waals surface area contributed by atoms with E-state index in [2.05, 4.69) is 19.1 Å². The topological polar surface area (TPSA) is 59.0 Å². The molecule has 4 aromatic rings. The van der Waals surface area contributed by atoms with Crippen molar-refractivity contribution in [1.29, 1.82) is 0 Å². The lowest BCUT2D eigenvalue weighted by atomic mass is 10.1. The summed E-state index contributed by atoms with van der Waals surface area (Å²) < 4.78 is 8.42. The first-order valence-corrected chi connectivity index (χ1v) is 9.39. The van der Waals surface area contributed by atoms with Gasteiger partial charge in [-0.15, -0.1) is 0 Å². The average Bonchev–Trinajstić information content (AvgIpc) is 3.32. The molecule has 1 aromatic carbocycles. The summed E-state index contributed by atoms with van der Waals surface area (Å²) in [6, 6.07) is 13.2. The molecule has 7 heteroatoms. The van der Waals surface area contributed by atoms with Crippen LogP contribution in [0.5, 0.6) is 0 Å². The normalized spacial score (nSPS) is 10.9. The quantitative estimate of drug-likeness (QED) is 0.536. The van der Waals surface area contributed by atoms with E-state index in [1.54, 1.807) is 23.6 Å². The van der Waals surface area contributed by atoms with Crippen molar-refractivity contribution in [3.8, 4) is 0 Å². The van der Waals surface area contributed by atoms with Crippen LogP contribution >= 0.6 is 23.1 Å². The monoisotopic (exact) mass is 366 g/mol. The molecule has 5 nitrogen and oxygen atoms in total. The van der Waals surface area contributed by atoms with Gasteiger partial charge in [0.1, 0.15) is 11.0 Å². The minimum atomic E-state index is -0.0354. The van der Waals surface area contributed by atoms with E-state index in [1.165, 1.54) is 0 Å². The first-order chi connectivity index (χ1) is 12.3. The molecule has 0 aliphatic heterocycles. The number of hydrogen-bond acceptors (Lipinski definition) is 6. The Morgan fingerprint density at radius 2 is 1.96 bits per heavy atom. The van der Waals surface area contributed by atoms with E-state index < -0.39 is 0 Å². The Balaban J connectivity index is 1.64. The smallest absolute Gasteiger partial charge is 0.254 e. The Hall–Kier alpha value is -2.64. The first-order valence-electron chi connectivity index (χ1n) is 7.72. The minimum absolute atomic E-state index is 0.0354. The summed E-state index contributed by atoms with van der Waals surface area (Å²) in [7, 11) is 0. The third kappa shape index (κ3) is 3.57. The molecule has 0 saturated carbocycles. The van der Waals surface area contributed by atoms with Crippen LogP contribution in [0.25, 0.3) is 11.0 Å². The summed E-state index contributed by atoms with van der Waals surface area (Å²) in [6.07, 6.45) is 1.75. The Bertz CT molecular complexity index is 983. The fraction of sp³-hybridized carbons (Fsp3) is 0.111. The van der Waals surface area contributed by atoms with Gasteiger partial charge in [0, 0.05) is 18.3 Å². The van der Waals surface area contributed by atoms with E-state index in [0.29, 0.717) is 18.7 Å². The first kappa shape index (κ1) is 15.9. The maximum atomic E-state index is 13.1. The number of fused-ring (bicyclic) bond motifs is 1. The molecule has 0 spiro atoms. The van der Waals surface area contributed by atoms with Gasteiger partial charge in [-0.2, -0.15) is 20.1 Å². The number of benzene rings is 1. The number of carbonyl (C=O) groups excluding carboxylic acids is 1. The van der Waals surface area contributed by atoms with Crippen LogP contribution in [-0.4, -0.2) is 24.5 Å². The van der Waals surface area contributed by atoms with Crippen LogP contribution in [0, 0.1) is 0 Å². The van der Waals surface area contributed by atoms with Crippen LogP contribution in [0.1, 0.15) is 21.6 Å². The highest BCUT2D eigenvalue weighted by Gasteiger charge is 2.18. The molecule has 1 amide bonds. The number of pyridine rings is 1. The summed E-state index contributed by atoms with van der Waals surface area (Å²) >= 11 is 2.78. The van der Waals surface area contributed by atoms with Crippen molar-refractivity contribution in [2.75, 3.05) is 0 Å². The van der Waals surface area contributed by atoms with Gasteiger partial charge in [0.25, 0.3) is 5.91 Å². The van der Waals surface area contributed by atoms with Gasteiger partial charge in [-0.3, -0.25) is 9.78 Å². The molecule has 3 aromatic heterocycles. The number of amides is 1. The summed E-state index contributed by atoms with van der Waals surface area (Å²) in [5.41, 5.74) is 4.17. The Morgan fingerprint density at radius 1 is 1.04 bits per heavy atom. The molecule has 0 aliphatic carbocycles. The lowest BCUT2D eigenvalue weighted by molar-refractivity contribution is 0.0728. The Labute approximate surface area is 152 Å². The number of carbonyl (C=O) groups is 1. The number of nitrogens with zero attached hydrogens (tertiary/aromatic N) is 4. The van der Waals surface area contributed by atoms with Gasteiger partial charge in [0.05, 0.1) is 24.0 Å². The highest BCUT2D eigenvalue weighted by Crippen LogP contribution is 2.18. The van der Waals surface area contributed by atoms with Crippen molar-refractivity contribution in [1.82, 2.24) is 18.6 Å². The van der Waals surface area contributed by atoms with Crippen molar-refractivity contribution in [3.05, 3.63) is 76.2 Å². The predicted octanol–water partition coefficient (Wildman–Crippen LogP) is 3.99. The molecule has 0 fully saturated rings. The molecule has 0 saturated heterocycles. The molecule has 4 rings (SSSR count). The van der Waals surface area contributed by atoms with E-state index >= 15 is 0 Å². The summed E-state index contributed by atoms with van der Waals surface area (Å²) in [5, 5.41) is 4.08. The SMILES string of the molecule is O=C(c1ccc2nsnc2c1)N(Cc1ccsc1)Cc1ccccn1. The fourth-order valence-corrected chi connectivity index (χ4v) is 3.76. The largest absolute Gasteiger partial charge is 0.328 e. The summed E-state index contributed by atoms with van der Waals surface area (Å²) in [6.45, 7) is 1.01. The number of hydrogen-bond donors (Lipinski definition) is 0. The van der Waals surface area contributed by atoms with Crippen molar-refractivity contribution < 1.29 is 4.79 Å². The lowest BCUT2D eigenvalue weighted by Gasteiger charge is -2.22. The van der Waals surface area contributed by atoms with Gasteiger partial charge in [-0.25, -0.2) is 0 Å². The maximum Gasteiger partial charge on any atom is 0.254 e. The zero-order valence-corrected chi connectivity index (χ0v) is 14.8. The number of rotatable bonds is 5. The Kier molecular flexibility index (Phi) is 4.49. The van der Waals surface area contributed by atoms with Crippen molar-refractivity contribution in [2.45, 2.75) is 13.1 Å². The van der Waals surface area contributed by atoms with Gasteiger partial charge in [-0.1, -0.05) is 6.07 Å². The third-order valence-corrected chi connectivity index (χ3v) is 5.11. The van der Waals surface area contributed by atoms with Crippen LogP contribution in [0.4, 0.5) is 0 Å². The molecule has 0 bridgehead atoms. The molecular weight excluding hydrogens is 352 g/mol. The minimum Gasteiger partial charge on any atom is -0.328 e. The van der Waals surface area contributed by atoms with Crippen LogP contribution in [0.15, 0.2) is 59.4 Å². The second-order valence-electron chi connectivity index (χ2n) is 5.58. The number of thiophene rings is 1. The highest BCUT2D eigenvalue weighted by molar-refractivity contribution is 7.07. The van der Waals surface area contributed by atoms with E-state index in [9.17, 15) is 4.79 Å². The van der Waals surface area contributed by atoms with Crippen LogP contribution in [0.2, 0.25) is 0 Å². The maximum absolute atomic E-state index is 13.1.